The van der Waals surface area contributed by atoms with E-state index in [2.05, 4.69) is 31.7 Å². The molecule has 2 N–H and O–H groups in total. The van der Waals surface area contributed by atoms with Crippen molar-refractivity contribution in [3.8, 4) is 0 Å². The van der Waals surface area contributed by atoms with Gasteiger partial charge in [-0.1, -0.05) is 5.16 Å². The fourth-order valence-corrected chi connectivity index (χ4v) is 2.88. The van der Waals surface area contributed by atoms with E-state index in [1.807, 2.05) is 13.1 Å². The van der Waals surface area contributed by atoms with Crippen LogP contribution >= 0.6 is 0 Å². The summed E-state index contributed by atoms with van der Waals surface area (Å²) in [6.45, 7) is 4.50. The quantitative estimate of drug-likeness (QED) is 0.858. The normalized spacial score (nSPS) is 21.7. The first-order chi connectivity index (χ1) is 10.2. The van der Waals surface area contributed by atoms with Crippen molar-refractivity contribution in [1.82, 2.24) is 24.8 Å². The second-order valence-electron chi connectivity index (χ2n) is 5.81. The zero-order valence-electron chi connectivity index (χ0n) is 12.6. The van der Waals surface area contributed by atoms with Gasteiger partial charge >= 0.3 is 0 Å². The molecule has 0 saturated heterocycles. The van der Waals surface area contributed by atoms with Crippen LogP contribution in [0.25, 0.3) is 0 Å². The molecule has 0 unspecified atom stereocenters. The lowest BCUT2D eigenvalue weighted by Gasteiger charge is -2.31. The smallest absolute Gasteiger partial charge is 0.147 e. The lowest BCUT2D eigenvalue weighted by atomic mass is 9.80. The largest absolute Gasteiger partial charge is 0.364 e. The Morgan fingerprint density at radius 2 is 2.19 bits per heavy atom. The van der Waals surface area contributed by atoms with Crippen LogP contribution in [-0.4, -0.2) is 37.9 Å². The molecule has 7 nitrogen and oxygen atoms in total. The van der Waals surface area contributed by atoms with Gasteiger partial charge in [-0.3, -0.25) is 4.90 Å². The fraction of sp³-hybridized carbons (Fsp3) is 0.643. The minimum Gasteiger partial charge on any atom is -0.364 e. The van der Waals surface area contributed by atoms with E-state index in [1.54, 1.807) is 6.26 Å². The van der Waals surface area contributed by atoms with Gasteiger partial charge in [-0.15, -0.1) is 10.2 Å². The van der Waals surface area contributed by atoms with E-state index in [0.29, 0.717) is 12.0 Å². The molecule has 114 valence electrons. The predicted molar refractivity (Wildman–Crippen MR) is 77.3 cm³/mol. The fourth-order valence-electron chi connectivity index (χ4n) is 2.88. The van der Waals surface area contributed by atoms with Crippen LogP contribution in [0.5, 0.6) is 0 Å². The van der Waals surface area contributed by atoms with Gasteiger partial charge in [0.2, 0.25) is 0 Å². The molecule has 21 heavy (non-hydrogen) atoms. The summed E-state index contributed by atoms with van der Waals surface area (Å²) in [5, 5.41) is 12.7. The van der Waals surface area contributed by atoms with Crippen molar-refractivity contribution in [2.75, 3.05) is 7.05 Å². The van der Waals surface area contributed by atoms with Crippen LogP contribution < -0.4 is 5.73 Å². The second-order valence-corrected chi connectivity index (χ2v) is 5.81. The summed E-state index contributed by atoms with van der Waals surface area (Å²) in [6, 6.07) is 2.21. The van der Waals surface area contributed by atoms with Crippen molar-refractivity contribution in [1.29, 1.82) is 0 Å². The Morgan fingerprint density at radius 3 is 2.81 bits per heavy atom. The van der Waals surface area contributed by atoms with E-state index in [1.165, 1.54) is 0 Å². The summed E-state index contributed by atoms with van der Waals surface area (Å²) in [7, 11) is 2.04. The van der Waals surface area contributed by atoms with E-state index < -0.39 is 0 Å². The Hall–Kier alpha value is -1.73. The molecule has 0 amide bonds. The van der Waals surface area contributed by atoms with Crippen molar-refractivity contribution in [3.05, 3.63) is 29.7 Å². The van der Waals surface area contributed by atoms with Gasteiger partial charge in [-0.05, 0) is 26.8 Å². The molecule has 0 aliphatic heterocycles. The molecule has 0 radical (unpaired) electrons. The highest BCUT2D eigenvalue weighted by Crippen LogP contribution is 2.34. The van der Waals surface area contributed by atoms with Crippen molar-refractivity contribution < 1.29 is 4.52 Å². The summed E-state index contributed by atoms with van der Waals surface area (Å²) in [4.78, 5) is 2.16. The number of nitrogens with zero attached hydrogens (tertiary/aromatic N) is 5. The summed E-state index contributed by atoms with van der Waals surface area (Å²) >= 11 is 0. The maximum Gasteiger partial charge on any atom is 0.147 e. The summed E-state index contributed by atoms with van der Waals surface area (Å²) in [6.07, 6.45) is 3.63. The Balaban J connectivity index is 1.67. The van der Waals surface area contributed by atoms with Crippen LogP contribution in [0, 0.1) is 0 Å². The molecule has 1 saturated carbocycles. The molecule has 0 atom stereocenters. The zero-order chi connectivity index (χ0) is 14.8. The van der Waals surface area contributed by atoms with Gasteiger partial charge in [0.05, 0.1) is 12.2 Å². The molecule has 3 rings (SSSR count). The third-order valence-electron chi connectivity index (χ3n) is 4.05. The van der Waals surface area contributed by atoms with Crippen molar-refractivity contribution >= 4 is 0 Å². The van der Waals surface area contributed by atoms with Gasteiger partial charge in [0.1, 0.15) is 17.9 Å². The lowest BCUT2D eigenvalue weighted by molar-refractivity contribution is 0.288. The number of rotatable bonds is 6. The van der Waals surface area contributed by atoms with Crippen LogP contribution in [0.1, 0.15) is 43.0 Å². The average Bonchev–Trinajstić information content (AvgIpc) is 3.04. The van der Waals surface area contributed by atoms with E-state index in [9.17, 15) is 0 Å². The first-order valence-corrected chi connectivity index (χ1v) is 7.42. The molecule has 1 fully saturated rings. The molecule has 2 aromatic rings. The third-order valence-corrected chi connectivity index (χ3v) is 4.05. The molecule has 2 heterocycles. The van der Waals surface area contributed by atoms with E-state index in [-0.39, 0.29) is 0 Å². The van der Waals surface area contributed by atoms with Crippen LogP contribution in [0.3, 0.4) is 0 Å². The Bertz CT molecular complexity index is 572. The number of hydrogen-bond donors (Lipinski definition) is 1. The first kappa shape index (κ1) is 14.2. The summed E-state index contributed by atoms with van der Waals surface area (Å²) in [5.74, 6) is 2.56. The van der Waals surface area contributed by atoms with Crippen LogP contribution in [0.4, 0.5) is 0 Å². The molecule has 1 aliphatic rings. The van der Waals surface area contributed by atoms with E-state index in [0.717, 1.165) is 49.8 Å². The molecular weight excluding hydrogens is 268 g/mol. The maximum atomic E-state index is 5.88. The van der Waals surface area contributed by atoms with E-state index in [4.69, 9.17) is 10.3 Å². The van der Waals surface area contributed by atoms with Crippen molar-refractivity contribution in [2.45, 2.75) is 51.4 Å². The highest BCUT2D eigenvalue weighted by molar-refractivity contribution is 5.08. The minimum atomic E-state index is 0.329. The SMILES string of the molecule is CCn1c(CN(C)Cc2ccon2)nnc1C1CC(N)C1. The second kappa shape index (κ2) is 5.95. The Morgan fingerprint density at radius 1 is 1.38 bits per heavy atom. The highest BCUT2D eigenvalue weighted by Gasteiger charge is 2.32. The zero-order valence-corrected chi connectivity index (χ0v) is 12.6. The standard InChI is InChI=1S/C14H22N6O/c1-3-20-13(9-19(2)8-12-4-5-21-18-12)16-17-14(20)10-6-11(15)7-10/h4-5,10-11H,3,6-9,15H2,1-2H3. The van der Waals surface area contributed by atoms with Crippen LogP contribution in [0.2, 0.25) is 0 Å². The Labute approximate surface area is 124 Å². The van der Waals surface area contributed by atoms with E-state index >= 15 is 0 Å². The molecule has 2 aromatic heterocycles. The topological polar surface area (TPSA) is 86.0 Å². The van der Waals surface area contributed by atoms with Crippen LogP contribution in [0.15, 0.2) is 16.9 Å². The molecular formula is C14H22N6O. The van der Waals surface area contributed by atoms with Crippen LogP contribution in [-0.2, 0) is 19.6 Å². The van der Waals surface area contributed by atoms with Gasteiger partial charge in [0, 0.05) is 31.1 Å². The van der Waals surface area contributed by atoms with Gasteiger partial charge in [0.15, 0.2) is 0 Å². The van der Waals surface area contributed by atoms with Crippen molar-refractivity contribution in [3.63, 3.8) is 0 Å². The van der Waals surface area contributed by atoms with Crippen molar-refractivity contribution in [2.24, 2.45) is 5.73 Å². The summed E-state index contributed by atoms with van der Waals surface area (Å²) < 4.78 is 7.07. The maximum absolute atomic E-state index is 5.88. The molecule has 0 aromatic carbocycles. The molecule has 0 spiro atoms. The highest BCUT2D eigenvalue weighted by atomic mass is 16.5. The average molecular weight is 290 g/mol. The van der Waals surface area contributed by atoms with Gasteiger partial charge < -0.3 is 14.8 Å². The lowest BCUT2D eigenvalue weighted by Crippen LogP contribution is -2.36. The third kappa shape index (κ3) is 2.98. The first-order valence-electron chi connectivity index (χ1n) is 7.42. The summed E-state index contributed by atoms with van der Waals surface area (Å²) in [5.41, 5.74) is 6.80. The monoisotopic (exact) mass is 290 g/mol. The molecule has 1 aliphatic carbocycles. The number of aromatic nitrogens is 4. The number of nitrogens with two attached hydrogens (primary N) is 1. The molecule has 0 bridgehead atoms. The number of hydrogen-bond acceptors (Lipinski definition) is 6. The van der Waals surface area contributed by atoms with Gasteiger partial charge in [0.25, 0.3) is 0 Å². The molecule has 7 heteroatoms. The minimum absolute atomic E-state index is 0.329. The van der Waals surface area contributed by atoms with Gasteiger partial charge in [-0.25, -0.2) is 0 Å². The Kier molecular flexibility index (Phi) is 4.03. The van der Waals surface area contributed by atoms with Gasteiger partial charge in [-0.2, -0.15) is 0 Å². The predicted octanol–water partition coefficient (Wildman–Crippen LogP) is 1.12.